The van der Waals surface area contributed by atoms with Gasteiger partial charge in [-0.25, -0.2) is 4.98 Å². The van der Waals surface area contributed by atoms with Gasteiger partial charge in [0.1, 0.15) is 11.6 Å². The summed E-state index contributed by atoms with van der Waals surface area (Å²) >= 11 is 0. The zero-order valence-electron chi connectivity index (χ0n) is 16.4. The summed E-state index contributed by atoms with van der Waals surface area (Å²) < 4.78 is 8.99. The predicted octanol–water partition coefficient (Wildman–Crippen LogP) is 4.32. The molecule has 4 rings (SSSR count). The fraction of sp³-hybridized carbons (Fsp3) is 0.304. The van der Waals surface area contributed by atoms with Crippen molar-refractivity contribution < 1.29 is 9.47 Å². The highest BCUT2D eigenvalue weighted by molar-refractivity contribution is 6.01. The van der Waals surface area contributed by atoms with Gasteiger partial charge in [-0.05, 0) is 24.1 Å². The molecule has 0 saturated carbocycles. The second-order valence-corrected chi connectivity index (χ2v) is 7.14. The normalized spacial score (nSPS) is 11.4. The van der Waals surface area contributed by atoms with E-state index in [1.54, 1.807) is 6.20 Å². The fourth-order valence-corrected chi connectivity index (χ4v) is 3.63. The molecule has 0 bridgehead atoms. The van der Waals surface area contributed by atoms with Crippen LogP contribution in [0.3, 0.4) is 0 Å². The number of pyridine rings is 1. The van der Waals surface area contributed by atoms with Gasteiger partial charge in [0, 0.05) is 26.0 Å². The quantitative estimate of drug-likeness (QED) is 0.357. The summed E-state index contributed by atoms with van der Waals surface area (Å²) in [5.41, 5.74) is 3.60. The first kappa shape index (κ1) is 18.3. The van der Waals surface area contributed by atoms with E-state index in [0.717, 1.165) is 58.4 Å². The van der Waals surface area contributed by atoms with Crippen LogP contribution in [0.4, 0.5) is 0 Å². The minimum Gasteiger partial charge on any atom is -0.618 e. The van der Waals surface area contributed by atoms with Crippen LogP contribution in [-0.2, 0) is 19.9 Å². The number of unbranched alkanes of at least 4 members (excludes halogenated alkanes) is 1. The molecule has 0 saturated heterocycles. The second kappa shape index (κ2) is 7.89. The van der Waals surface area contributed by atoms with Crippen molar-refractivity contribution in [2.45, 2.75) is 32.6 Å². The van der Waals surface area contributed by atoms with Crippen molar-refractivity contribution in [1.29, 1.82) is 0 Å². The Bertz CT molecular complexity index is 1100. The largest absolute Gasteiger partial charge is 0.618 e. The van der Waals surface area contributed by atoms with Gasteiger partial charge in [0.2, 0.25) is 11.7 Å². The van der Waals surface area contributed by atoms with Gasteiger partial charge in [0.15, 0.2) is 5.52 Å². The Kier molecular flexibility index (Phi) is 5.15. The average Bonchev–Trinajstić information content (AvgIpc) is 3.02. The van der Waals surface area contributed by atoms with E-state index in [0.29, 0.717) is 12.1 Å². The highest BCUT2D eigenvalue weighted by Crippen LogP contribution is 2.27. The molecular formula is C23H25N3O2. The zero-order chi connectivity index (χ0) is 19.5. The number of imidazole rings is 1. The molecule has 144 valence electrons. The number of aromatic nitrogens is 3. The van der Waals surface area contributed by atoms with Crippen LogP contribution in [0.1, 0.15) is 31.2 Å². The third-order valence-corrected chi connectivity index (χ3v) is 5.17. The third-order valence-electron chi connectivity index (χ3n) is 5.17. The molecule has 0 spiro atoms. The van der Waals surface area contributed by atoms with Gasteiger partial charge in [0.05, 0.1) is 17.5 Å². The van der Waals surface area contributed by atoms with Crippen molar-refractivity contribution >= 4 is 21.9 Å². The van der Waals surface area contributed by atoms with Crippen LogP contribution in [0, 0.1) is 5.21 Å². The van der Waals surface area contributed by atoms with Gasteiger partial charge in [-0.15, -0.1) is 0 Å². The first-order chi connectivity index (χ1) is 13.7. The van der Waals surface area contributed by atoms with Gasteiger partial charge in [-0.1, -0.05) is 43.7 Å². The topological polar surface area (TPSA) is 54.0 Å². The van der Waals surface area contributed by atoms with E-state index in [4.69, 9.17) is 9.72 Å². The monoisotopic (exact) mass is 375 g/mol. The van der Waals surface area contributed by atoms with E-state index in [2.05, 4.69) is 23.6 Å². The number of hydrogen-bond acceptors (Lipinski definition) is 3. The van der Waals surface area contributed by atoms with Crippen LogP contribution < -0.4 is 9.47 Å². The summed E-state index contributed by atoms with van der Waals surface area (Å²) in [6, 6.07) is 15.9. The molecule has 2 heterocycles. The summed E-state index contributed by atoms with van der Waals surface area (Å²) in [4.78, 5) is 4.69. The van der Waals surface area contributed by atoms with E-state index in [9.17, 15) is 5.21 Å². The highest BCUT2D eigenvalue weighted by Gasteiger charge is 2.17. The lowest BCUT2D eigenvalue weighted by Crippen LogP contribution is -2.26. The highest BCUT2D eigenvalue weighted by atomic mass is 16.5. The zero-order valence-corrected chi connectivity index (χ0v) is 16.4. The summed E-state index contributed by atoms with van der Waals surface area (Å²) in [6.45, 7) is 2.76. The van der Waals surface area contributed by atoms with E-state index >= 15 is 0 Å². The van der Waals surface area contributed by atoms with Crippen LogP contribution in [0.15, 0.2) is 54.7 Å². The Balaban J connectivity index is 1.66. The number of aryl methyl sites for hydroxylation is 2. The van der Waals surface area contributed by atoms with Crippen LogP contribution >= 0.6 is 0 Å². The molecule has 28 heavy (non-hydrogen) atoms. The molecule has 0 aliphatic rings. The number of nitrogens with zero attached hydrogens (tertiary/aromatic N) is 3. The Morgan fingerprint density at radius 1 is 1.11 bits per heavy atom. The Hall–Kier alpha value is -3.08. The van der Waals surface area contributed by atoms with E-state index in [-0.39, 0.29) is 0 Å². The van der Waals surface area contributed by atoms with Crippen molar-refractivity contribution in [2.24, 2.45) is 7.05 Å². The molecule has 0 amide bonds. The average molecular weight is 375 g/mol. The maximum atomic E-state index is 12.5. The predicted molar refractivity (Wildman–Crippen MR) is 111 cm³/mol. The molecule has 5 heteroatoms. The SMILES string of the molecule is CCCCc1nc2c[n+]([O-])c3ccc(OCCc4ccccc4)cc3c2n1C. The minimum atomic E-state index is 0.593. The number of hydrogen-bond donors (Lipinski definition) is 0. The van der Waals surface area contributed by atoms with Gasteiger partial charge in [-0.2, -0.15) is 4.73 Å². The molecule has 2 aromatic heterocycles. The molecule has 2 aromatic carbocycles. The molecule has 0 aliphatic heterocycles. The van der Waals surface area contributed by atoms with E-state index in [1.807, 2.05) is 43.4 Å². The van der Waals surface area contributed by atoms with E-state index < -0.39 is 0 Å². The molecule has 0 atom stereocenters. The summed E-state index contributed by atoms with van der Waals surface area (Å²) in [5.74, 6) is 1.78. The maximum Gasteiger partial charge on any atom is 0.226 e. The molecule has 0 radical (unpaired) electrons. The molecule has 0 N–H and O–H groups in total. The van der Waals surface area contributed by atoms with E-state index in [1.165, 1.54) is 5.56 Å². The van der Waals surface area contributed by atoms with Crippen molar-refractivity contribution in [3.05, 3.63) is 71.3 Å². The lowest BCUT2D eigenvalue weighted by molar-refractivity contribution is -0.575. The molecule has 0 aliphatic carbocycles. The number of ether oxygens (including phenoxy) is 1. The second-order valence-electron chi connectivity index (χ2n) is 7.14. The van der Waals surface area contributed by atoms with Crippen LogP contribution in [-0.4, -0.2) is 16.2 Å². The van der Waals surface area contributed by atoms with Gasteiger partial charge in [-0.3, -0.25) is 0 Å². The summed E-state index contributed by atoms with van der Waals surface area (Å²) in [7, 11) is 2.03. The lowest BCUT2D eigenvalue weighted by Gasteiger charge is -2.09. The molecule has 0 unspecified atom stereocenters. The number of benzene rings is 2. The van der Waals surface area contributed by atoms with Gasteiger partial charge in [0.25, 0.3) is 0 Å². The first-order valence-corrected chi connectivity index (χ1v) is 9.85. The summed E-state index contributed by atoms with van der Waals surface area (Å²) in [6.07, 6.45) is 5.53. The van der Waals surface area contributed by atoms with Crippen molar-refractivity contribution in [3.8, 4) is 5.75 Å². The molecule has 5 nitrogen and oxygen atoms in total. The number of fused-ring (bicyclic) bond motifs is 3. The summed E-state index contributed by atoms with van der Waals surface area (Å²) in [5, 5.41) is 13.3. The Morgan fingerprint density at radius 2 is 1.93 bits per heavy atom. The molecular weight excluding hydrogens is 350 g/mol. The Labute approximate surface area is 164 Å². The van der Waals surface area contributed by atoms with Crippen molar-refractivity contribution in [1.82, 2.24) is 9.55 Å². The van der Waals surface area contributed by atoms with Gasteiger partial charge >= 0.3 is 0 Å². The van der Waals surface area contributed by atoms with Crippen molar-refractivity contribution in [2.75, 3.05) is 6.61 Å². The number of rotatable bonds is 7. The molecule has 0 fully saturated rings. The smallest absolute Gasteiger partial charge is 0.226 e. The van der Waals surface area contributed by atoms with Gasteiger partial charge < -0.3 is 14.5 Å². The lowest BCUT2D eigenvalue weighted by atomic mass is 10.1. The van der Waals surface area contributed by atoms with Crippen LogP contribution in [0.25, 0.3) is 21.9 Å². The van der Waals surface area contributed by atoms with Crippen molar-refractivity contribution in [3.63, 3.8) is 0 Å². The van der Waals surface area contributed by atoms with Crippen LogP contribution in [0.2, 0.25) is 0 Å². The molecule has 4 aromatic rings. The maximum absolute atomic E-state index is 12.5. The van der Waals surface area contributed by atoms with Crippen LogP contribution in [0.5, 0.6) is 5.75 Å². The first-order valence-electron chi connectivity index (χ1n) is 9.85. The fourth-order valence-electron chi connectivity index (χ4n) is 3.63. The minimum absolute atomic E-state index is 0.593. The Morgan fingerprint density at radius 3 is 2.71 bits per heavy atom. The standard InChI is InChI=1S/C23H25N3O2/c1-3-4-10-22-24-20-16-26(27)21-12-11-18(15-19(21)23(20)25(22)2)28-14-13-17-8-6-5-7-9-17/h5-9,11-12,15-16H,3-4,10,13-14H2,1-2H3. The third kappa shape index (κ3) is 3.52.